The molecule has 0 atom stereocenters. The van der Waals surface area contributed by atoms with Gasteiger partial charge in [-0.1, -0.05) is 18.2 Å². The maximum Gasteiger partial charge on any atom is 0.267 e. The summed E-state index contributed by atoms with van der Waals surface area (Å²) in [4.78, 5) is 31.1. The minimum absolute atomic E-state index is 0.235. The number of aromatic amines is 1. The molecule has 0 spiro atoms. The fourth-order valence-corrected chi connectivity index (χ4v) is 5.39. The number of rotatable bonds is 6. The van der Waals surface area contributed by atoms with Crippen LogP contribution in [-0.4, -0.2) is 40.1 Å². The van der Waals surface area contributed by atoms with Gasteiger partial charge in [-0.05, 0) is 18.6 Å². The smallest absolute Gasteiger partial charge is 0.267 e. The molecule has 5 rings (SSSR count). The molecule has 1 amide bonds. The predicted molar refractivity (Wildman–Crippen MR) is 127 cm³/mol. The number of aromatic nitrogens is 4. The predicted octanol–water partition coefficient (Wildman–Crippen LogP) is 5.01. The fourth-order valence-electron chi connectivity index (χ4n) is 3.59. The lowest BCUT2D eigenvalue weighted by molar-refractivity contribution is 0.103. The van der Waals surface area contributed by atoms with Gasteiger partial charge >= 0.3 is 0 Å². The second-order valence-corrected chi connectivity index (χ2v) is 8.92. The maximum atomic E-state index is 13.1. The van der Waals surface area contributed by atoms with Crippen LogP contribution in [0.4, 0.5) is 5.13 Å². The summed E-state index contributed by atoms with van der Waals surface area (Å²) in [6.07, 6.45) is 1.93. The number of methoxy groups -OCH3 is 2. The first-order valence-corrected chi connectivity index (χ1v) is 11.4. The number of hydrogen-bond donors (Lipinski definition) is 2. The molecule has 32 heavy (non-hydrogen) atoms. The lowest BCUT2D eigenvalue weighted by Crippen LogP contribution is -2.11. The number of para-hydroxylation sites is 1. The molecule has 5 aromatic rings. The Balaban J connectivity index is 1.45. The molecule has 0 aliphatic rings. The number of fused-ring (bicyclic) bond motifs is 2. The summed E-state index contributed by atoms with van der Waals surface area (Å²) < 4.78 is 10.6. The Morgan fingerprint density at radius 3 is 2.84 bits per heavy atom. The molecule has 1 aromatic carbocycles. The van der Waals surface area contributed by atoms with E-state index < -0.39 is 0 Å². The number of carbonyl (C=O) groups is 1. The largest absolute Gasteiger partial charge is 0.480 e. The number of thiazole rings is 1. The topological polar surface area (TPSA) is 102 Å². The van der Waals surface area contributed by atoms with Crippen LogP contribution in [0.15, 0.2) is 35.8 Å². The molecular formula is C22H19N5O3S2. The molecule has 0 aliphatic carbocycles. The van der Waals surface area contributed by atoms with E-state index >= 15 is 0 Å². The zero-order valence-electron chi connectivity index (χ0n) is 17.6. The minimum Gasteiger partial charge on any atom is -0.480 e. The third kappa shape index (κ3) is 3.52. The minimum atomic E-state index is -0.235. The van der Waals surface area contributed by atoms with Crippen molar-refractivity contribution in [3.05, 3.63) is 52.1 Å². The van der Waals surface area contributed by atoms with Gasteiger partial charge in [0, 0.05) is 35.2 Å². The summed E-state index contributed by atoms with van der Waals surface area (Å²) >= 11 is 2.69. The molecular weight excluding hydrogens is 446 g/mol. The van der Waals surface area contributed by atoms with E-state index in [2.05, 4.69) is 25.3 Å². The number of benzene rings is 1. The standard InChI is InChI=1S/C22H19N5O3S2/c1-11-17-20(30-3)25-16(9-29-2)26-21(17)32-18(11)19(28)27-22-24-15(10-31-22)13-8-23-14-7-5-4-6-12(13)14/h4-8,10,23H,9H2,1-3H3,(H,24,27,28). The van der Waals surface area contributed by atoms with Gasteiger partial charge in [0.15, 0.2) is 11.0 Å². The average Bonchev–Trinajstić information content (AvgIpc) is 3.50. The fraction of sp³-hybridized carbons (Fsp3) is 0.182. The number of nitrogens with zero attached hydrogens (tertiary/aromatic N) is 3. The molecule has 0 aliphatic heterocycles. The Labute approximate surface area is 191 Å². The van der Waals surface area contributed by atoms with Crippen LogP contribution < -0.4 is 10.1 Å². The summed E-state index contributed by atoms with van der Waals surface area (Å²) in [5.41, 5.74) is 3.63. The van der Waals surface area contributed by atoms with Gasteiger partial charge < -0.3 is 14.5 Å². The monoisotopic (exact) mass is 465 g/mol. The van der Waals surface area contributed by atoms with E-state index in [1.807, 2.05) is 42.8 Å². The van der Waals surface area contributed by atoms with Crippen molar-refractivity contribution >= 4 is 54.8 Å². The highest BCUT2D eigenvalue weighted by Gasteiger charge is 2.22. The van der Waals surface area contributed by atoms with E-state index in [-0.39, 0.29) is 12.5 Å². The second-order valence-electron chi connectivity index (χ2n) is 7.06. The molecule has 4 heterocycles. The zero-order valence-corrected chi connectivity index (χ0v) is 19.2. The van der Waals surface area contributed by atoms with Crippen molar-refractivity contribution in [1.82, 2.24) is 19.9 Å². The molecule has 10 heteroatoms. The van der Waals surface area contributed by atoms with E-state index in [0.717, 1.165) is 33.1 Å². The van der Waals surface area contributed by atoms with Crippen LogP contribution >= 0.6 is 22.7 Å². The van der Waals surface area contributed by atoms with E-state index in [0.29, 0.717) is 26.5 Å². The number of ether oxygens (including phenoxy) is 2. The number of hydrogen-bond acceptors (Lipinski definition) is 8. The van der Waals surface area contributed by atoms with Crippen LogP contribution in [0, 0.1) is 6.92 Å². The quantitative estimate of drug-likeness (QED) is 0.365. The van der Waals surface area contributed by atoms with Gasteiger partial charge in [-0.25, -0.2) is 9.97 Å². The number of thiophene rings is 1. The molecule has 2 N–H and O–H groups in total. The molecule has 0 fully saturated rings. The van der Waals surface area contributed by atoms with Gasteiger partial charge in [-0.2, -0.15) is 4.98 Å². The van der Waals surface area contributed by atoms with Crippen LogP contribution in [0.25, 0.3) is 32.4 Å². The van der Waals surface area contributed by atoms with Crippen molar-refractivity contribution in [3.63, 3.8) is 0 Å². The van der Waals surface area contributed by atoms with Crippen LogP contribution in [0.1, 0.15) is 21.1 Å². The van der Waals surface area contributed by atoms with E-state index in [4.69, 9.17) is 9.47 Å². The molecule has 0 unspecified atom stereocenters. The highest BCUT2D eigenvalue weighted by Crippen LogP contribution is 2.36. The second kappa shape index (κ2) is 8.30. The van der Waals surface area contributed by atoms with Crippen LogP contribution in [-0.2, 0) is 11.3 Å². The Bertz CT molecular complexity index is 1450. The van der Waals surface area contributed by atoms with Gasteiger partial charge in [0.2, 0.25) is 5.88 Å². The summed E-state index contributed by atoms with van der Waals surface area (Å²) in [6, 6.07) is 8.05. The molecule has 0 radical (unpaired) electrons. The Morgan fingerprint density at radius 2 is 2.03 bits per heavy atom. The SMILES string of the molecule is COCc1nc(OC)c2c(C)c(C(=O)Nc3nc(-c4c[nH]c5ccccc45)cs3)sc2n1. The number of amides is 1. The van der Waals surface area contributed by atoms with Gasteiger partial charge in [-0.3, -0.25) is 10.1 Å². The number of aryl methyl sites for hydroxylation is 1. The summed E-state index contributed by atoms with van der Waals surface area (Å²) in [7, 11) is 3.13. The van der Waals surface area contributed by atoms with E-state index in [1.54, 1.807) is 14.2 Å². The average molecular weight is 466 g/mol. The van der Waals surface area contributed by atoms with Crippen molar-refractivity contribution in [2.24, 2.45) is 0 Å². The van der Waals surface area contributed by atoms with Crippen LogP contribution in [0.5, 0.6) is 5.88 Å². The summed E-state index contributed by atoms with van der Waals surface area (Å²) in [5, 5.41) is 7.22. The number of H-pyrrole nitrogens is 1. The molecule has 4 aromatic heterocycles. The number of carbonyl (C=O) groups excluding carboxylic acids is 1. The highest BCUT2D eigenvalue weighted by molar-refractivity contribution is 7.21. The third-order valence-electron chi connectivity index (χ3n) is 5.07. The first-order valence-electron chi connectivity index (χ1n) is 9.75. The Kier molecular flexibility index (Phi) is 5.33. The normalized spacial score (nSPS) is 11.3. The van der Waals surface area contributed by atoms with Crippen LogP contribution in [0.2, 0.25) is 0 Å². The molecule has 0 bridgehead atoms. The van der Waals surface area contributed by atoms with Gasteiger partial charge in [0.25, 0.3) is 5.91 Å². The molecule has 8 nitrogen and oxygen atoms in total. The van der Waals surface area contributed by atoms with Gasteiger partial charge in [-0.15, -0.1) is 22.7 Å². The first-order chi connectivity index (χ1) is 15.6. The van der Waals surface area contributed by atoms with E-state index in [9.17, 15) is 4.79 Å². The molecule has 0 saturated heterocycles. The van der Waals surface area contributed by atoms with Gasteiger partial charge in [0.1, 0.15) is 11.4 Å². The van der Waals surface area contributed by atoms with E-state index in [1.165, 1.54) is 22.7 Å². The van der Waals surface area contributed by atoms with Crippen molar-refractivity contribution in [2.75, 3.05) is 19.5 Å². The lowest BCUT2D eigenvalue weighted by atomic mass is 10.1. The Morgan fingerprint density at radius 1 is 1.19 bits per heavy atom. The molecule has 0 saturated carbocycles. The highest BCUT2D eigenvalue weighted by atomic mass is 32.1. The third-order valence-corrected chi connectivity index (χ3v) is 7.01. The lowest BCUT2D eigenvalue weighted by Gasteiger charge is -2.05. The van der Waals surface area contributed by atoms with Crippen molar-refractivity contribution < 1.29 is 14.3 Å². The number of anilines is 1. The Hall–Kier alpha value is -3.34. The van der Waals surface area contributed by atoms with Crippen molar-refractivity contribution in [1.29, 1.82) is 0 Å². The maximum absolute atomic E-state index is 13.1. The first kappa shape index (κ1) is 20.6. The zero-order chi connectivity index (χ0) is 22.2. The van der Waals surface area contributed by atoms with Crippen molar-refractivity contribution in [2.45, 2.75) is 13.5 Å². The summed E-state index contributed by atoms with van der Waals surface area (Å²) in [5.74, 6) is 0.708. The van der Waals surface area contributed by atoms with Crippen LogP contribution in [0.3, 0.4) is 0 Å². The van der Waals surface area contributed by atoms with Crippen molar-refractivity contribution in [3.8, 4) is 17.1 Å². The summed E-state index contributed by atoms with van der Waals surface area (Å²) in [6.45, 7) is 2.13. The number of nitrogens with one attached hydrogen (secondary N) is 2. The van der Waals surface area contributed by atoms with Gasteiger partial charge in [0.05, 0.1) is 23.1 Å². The molecule has 162 valence electrons.